The summed E-state index contributed by atoms with van der Waals surface area (Å²) in [5.41, 5.74) is 1.86. The van der Waals surface area contributed by atoms with Crippen molar-refractivity contribution in [3.63, 3.8) is 0 Å². The molecular weight excluding hydrogens is 289 g/mol. The van der Waals surface area contributed by atoms with Gasteiger partial charge in [0.2, 0.25) is 0 Å². The molecule has 1 aliphatic carbocycles. The van der Waals surface area contributed by atoms with Gasteiger partial charge in [0.15, 0.2) is 0 Å². The van der Waals surface area contributed by atoms with E-state index < -0.39 is 0 Å². The van der Waals surface area contributed by atoms with Gasteiger partial charge in [0.1, 0.15) is 0 Å². The molecule has 0 bridgehead atoms. The summed E-state index contributed by atoms with van der Waals surface area (Å²) in [5, 5.41) is 5.00. The molecule has 0 saturated heterocycles. The summed E-state index contributed by atoms with van der Waals surface area (Å²) in [6, 6.07) is 6.06. The van der Waals surface area contributed by atoms with Crippen molar-refractivity contribution in [1.29, 1.82) is 0 Å². The van der Waals surface area contributed by atoms with E-state index in [2.05, 4.69) is 32.2 Å². The highest BCUT2D eigenvalue weighted by molar-refractivity contribution is 6.42. The summed E-state index contributed by atoms with van der Waals surface area (Å²) in [4.78, 5) is 0. The van der Waals surface area contributed by atoms with Crippen molar-refractivity contribution in [2.24, 2.45) is 5.41 Å². The van der Waals surface area contributed by atoms with Gasteiger partial charge in [0, 0.05) is 12.1 Å². The van der Waals surface area contributed by atoms with E-state index in [0.717, 1.165) is 13.0 Å². The first-order valence-corrected chi connectivity index (χ1v) is 8.24. The molecule has 112 valence electrons. The number of hydrogen-bond acceptors (Lipinski definition) is 1. The van der Waals surface area contributed by atoms with Gasteiger partial charge >= 0.3 is 0 Å². The Labute approximate surface area is 133 Å². The van der Waals surface area contributed by atoms with E-state index in [0.29, 0.717) is 15.5 Å². The third-order valence-corrected chi connectivity index (χ3v) is 4.96. The maximum atomic E-state index is 6.15. The van der Waals surface area contributed by atoms with Gasteiger partial charge in [0.25, 0.3) is 0 Å². The highest BCUT2D eigenvalue weighted by Gasteiger charge is 2.34. The molecule has 0 amide bonds. The van der Waals surface area contributed by atoms with Crippen LogP contribution in [0, 0.1) is 5.41 Å². The molecule has 20 heavy (non-hydrogen) atoms. The predicted octanol–water partition coefficient (Wildman–Crippen LogP) is 5.48. The minimum absolute atomic E-state index is 0.174. The lowest BCUT2D eigenvalue weighted by atomic mass is 9.79. The van der Waals surface area contributed by atoms with Crippen molar-refractivity contribution >= 4 is 23.2 Å². The minimum atomic E-state index is 0.174. The van der Waals surface area contributed by atoms with E-state index >= 15 is 0 Å². The topological polar surface area (TPSA) is 12.0 Å². The average molecular weight is 314 g/mol. The molecule has 1 aliphatic rings. The van der Waals surface area contributed by atoms with Crippen molar-refractivity contribution in [3.8, 4) is 0 Å². The molecule has 1 aromatic rings. The molecule has 0 radical (unpaired) electrons. The molecule has 0 unspecified atom stereocenters. The van der Waals surface area contributed by atoms with Crippen molar-refractivity contribution in [1.82, 2.24) is 5.32 Å². The molecule has 2 rings (SSSR count). The molecule has 1 N–H and O–H groups in total. The molecule has 1 aromatic carbocycles. The Kier molecular flexibility index (Phi) is 5.05. The van der Waals surface area contributed by atoms with E-state index in [4.69, 9.17) is 23.2 Å². The predicted molar refractivity (Wildman–Crippen MR) is 88.8 cm³/mol. The molecule has 0 aromatic heterocycles. The molecule has 1 saturated carbocycles. The Morgan fingerprint density at radius 1 is 1.10 bits per heavy atom. The third kappa shape index (κ3) is 4.38. The second kappa shape index (κ2) is 6.25. The first-order valence-electron chi connectivity index (χ1n) is 7.49. The van der Waals surface area contributed by atoms with Gasteiger partial charge < -0.3 is 5.32 Å². The van der Waals surface area contributed by atoms with Gasteiger partial charge in [0.05, 0.1) is 10.0 Å². The summed E-state index contributed by atoms with van der Waals surface area (Å²) in [5.74, 6) is 0. The fourth-order valence-electron chi connectivity index (χ4n) is 3.08. The molecule has 0 heterocycles. The average Bonchev–Trinajstić information content (AvgIpc) is 2.80. The maximum absolute atomic E-state index is 6.15. The SMILES string of the molecule is CC(C)(C)NCC1(Cc2ccc(Cl)c(Cl)c2)CCCC1. The van der Waals surface area contributed by atoms with E-state index in [9.17, 15) is 0 Å². The summed E-state index contributed by atoms with van der Waals surface area (Å²) in [7, 11) is 0. The van der Waals surface area contributed by atoms with Crippen LogP contribution in [0.15, 0.2) is 18.2 Å². The lowest BCUT2D eigenvalue weighted by Crippen LogP contribution is -2.43. The normalized spacial score (nSPS) is 18.4. The van der Waals surface area contributed by atoms with Gasteiger partial charge in [-0.2, -0.15) is 0 Å². The van der Waals surface area contributed by atoms with Crippen LogP contribution in [0.3, 0.4) is 0 Å². The Hall–Kier alpha value is -0.240. The summed E-state index contributed by atoms with van der Waals surface area (Å²) in [6.45, 7) is 7.77. The molecule has 0 atom stereocenters. The van der Waals surface area contributed by atoms with Crippen LogP contribution in [0.4, 0.5) is 0 Å². The van der Waals surface area contributed by atoms with Gasteiger partial charge in [-0.25, -0.2) is 0 Å². The highest BCUT2D eigenvalue weighted by Crippen LogP contribution is 2.41. The zero-order valence-electron chi connectivity index (χ0n) is 12.7. The van der Waals surface area contributed by atoms with Crippen molar-refractivity contribution < 1.29 is 0 Å². The van der Waals surface area contributed by atoms with Crippen LogP contribution in [0.1, 0.15) is 52.0 Å². The minimum Gasteiger partial charge on any atom is -0.312 e. The molecule has 3 heteroatoms. The smallest absolute Gasteiger partial charge is 0.0595 e. The first-order chi connectivity index (χ1) is 9.30. The molecule has 0 spiro atoms. The number of rotatable bonds is 4. The third-order valence-electron chi connectivity index (χ3n) is 4.22. The highest BCUT2D eigenvalue weighted by atomic mass is 35.5. The van der Waals surface area contributed by atoms with E-state index in [1.165, 1.54) is 31.2 Å². The van der Waals surface area contributed by atoms with Gasteiger partial charge in [-0.15, -0.1) is 0 Å². The Morgan fingerprint density at radius 3 is 2.30 bits per heavy atom. The lowest BCUT2D eigenvalue weighted by molar-refractivity contribution is 0.245. The molecule has 1 nitrogen and oxygen atoms in total. The molecular formula is C17H25Cl2N. The number of hydrogen-bond donors (Lipinski definition) is 1. The summed E-state index contributed by atoms with van der Waals surface area (Å²) >= 11 is 12.2. The fourth-order valence-corrected chi connectivity index (χ4v) is 3.40. The van der Waals surface area contributed by atoms with Crippen LogP contribution in [0.5, 0.6) is 0 Å². The lowest BCUT2D eigenvalue weighted by Gasteiger charge is -2.33. The second-order valence-corrected chi connectivity index (χ2v) is 8.05. The second-order valence-electron chi connectivity index (χ2n) is 7.24. The van der Waals surface area contributed by atoms with E-state index in [1.807, 2.05) is 12.1 Å². The standard InChI is InChI=1S/C17H25Cl2N/c1-16(2,3)20-12-17(8-4-5-9-17)11-13-6-7-14(18)15(19)10-13/h6-7,10,20H,4-5,8-9,11-12H2,1-3H3. The van der Waals surface area contributed by atoms with E-state index in [-0.39, 0.29) is 5.54 Å². The van der Waals surface area contributed by atoms with Crippen LogP contribution in [0.2, 0.25) is 10.0 Å². The Morgan fingerprint density at radius 2 is 1.75 bits per heavy atom. The van der Waals surface area contributed by atoms with Crippen LogP contribution in [-0.4, -0.2) is 12.1 Å². The number of benzene rings is 1. The van der Waals surface area contributed by atoms with Gasteiger partial charge in [-0.05, 0) is 63.1 Å². The van der Waals surface area contributed by atoms with Crippen LogP contribution in [0.25, 0.3) is 0 Å². The molecule has 1 fully saturated rings. The fraction of sp³-hybridized carbons (Fsp3) is 0.647. The Balaban J connectivity index is 2.10. The van der Waals surface area contributed by atoms with Crippen molar-refractivity contribution in [2.45, 2.75) is 58.4 Å². The number of halogens is 2. The monoisotopic (exact) mass is 313 g/mol. The van der Waals surface area contributed by atoms with Gasteiger partial charge in [-0.3, -0.25) is 0 Å². The van der Waals surface area contributed by atoms with Crippen LogP contribution in [-0.2, 0) is 6.42 Å². The zero-order chi connectivity index (χ0) is 14.8. The first kappa shape index (κ1) is 16.1. The van der Waals surface area contributed by atoms with Gasteiger partial charge in [-0.1, -0.05) is 42.1 Å². The summed E-state index contributed by atoms with van der Waals surface area (Å²) in [6.07, 6.45) is 6.37. The number of nitrogens with one attached hydrogen (secondary N) is 1. The maximum Gasteiger partial charge on any atom is 0.0595 e. The van der Waals surface area contributed by atoms with Crippen LogP contribution < -0.4 is 5.32 Å². The quantitative estimate of drug-likeness (QED) is 0.775. The van der Waals surface area contributed by atoms with Crippen LogP contribution >= 0.6 is 23.2 Å². The summed E-state index contributed by atoms with van der Waals surface area (Å²) < 4.78 is 0. The Bertz CT molecular complexity index is 457. The largest absolute Gasteiger partial charge is 0.312 e. The van der Waals surface area contributed by atoms with Crippen molar-refractivity contribution in [2.75, 3.05) is 6.54 Å². The van der Waals surface area contributed by atoms with E-state index in [1.54, 1.807) is 0 Å². The van der Waals surface area contributed by atoms with Crippen molar-refractivity contribution in [3.05, 3.63) is 33.8 Å². The zero-order valence-corrected chi connectivity index (χ0v) is 14.2. The molecule has 0 aliphatic heterocycles.